The van der Waals surface area contributed by atoms with E-state index in [1.807, 2.05) is 44.2 Å². The van der Waals surface area contributed by atoms with E-state index in [1.54, 1.807) is 6.20 Å². The Labute approximate surface area is 135 Å². The van der Waals surface area contributed by atoms with Gasteiger partial charge in [-0.15, -0.1) is 0 Å². The Bertz CT molecular complexity index is 765. The van der Waals surface area contributed by atoms with Crippen LogP contribution in [0.25, 0.3) is 11.0 Å². The Balaban J connectivity index is 1.80. The summed E-state index contributed by atoms with van der Waals surface area (Å²) < 4.78 is 5.48. The van der Waals surface area contributed by atoms with Crippen LogP contribution in [0, 0.1) is 6.92 Å². The molecule has 0 bridgehead atoms. The van der Waals surface area contributed by atoms with Crippen LogP contribution in [0.5, 0.6) is 0 Å². The number of nitrogens with one attached hydrogen (secondary N) is 1. The quantitative estimate of drug-likeness (QED) is 0.734. The molecule has 0 aliphatic carbocycles. The maximum atomic E-state index is 10.5. The lowest BCUT2D eigenvalue weighted by atomic mass is 10.0. The maximum Gasteiger partial charge on any atom is 0.136 e. The maximum absolute atomic E-state index is 10.5. The number of hydrogen-bond donors (Lipinski definition) is 2. The second kappa shape index (κ2) is 6.89. The predicted octanol–water partition coefficient (Wildman–Crippen LogP) is 3.08. The zero-order valence-corrected chi connectivity index (χ0v) is 13.4. The second-order valence-corrected chi connectivity index (χ2v) is 5.54. The van der Waals surface area contributed by atoms with Crippen molar-refractivity contribution in [3.05, 3.63) is 59.2 Å². The molecule has 0 spiro atoms. The van der Waals surface area contributed by atoms with Crippen molar-refractivity contribution >= 4 is 11.0 Å². The van der Waals surface area contributed by atoms with Gasteiger partial charge in [-0.3, -0.25) is 4.98 Å². The third-order valence-corrected chi connectivity index (χ3v) is 3.99. The van der Waals surface area contributed by atoms with Gasteiger partial charge in [0, 0.05) is 24.9 Å². The minimum atomic E-state index is -0.712. The molecule has 1 aromatic carbocycles. The lowest BCUT2D eigenvalue weighted by Gasteiger charge is -2.13. The Hall–Kier alpha value is -2.24. The van der Waals surface area contributed by atoms with E-state index in [2.05, 4.69) is 15.0 Å². The fourth-order valence-electron chi connectivity index (χ4n) is 2.61. The van der Waals surface area contributed by atoms with Crippen molar-refractivity contribution in [1.82, 2.24) is 15.0 Å². The van der Waals surface area contributed by atoms with Crippen LogP contribution in [0.1, 0.15) is 35.7 Å². The molecule has 5 heteroatoms. The highest BCUT2D eigenvalue weighted by molar-refractivity contribution is 5.74. The van der Waals surface area contributed by atoms with Crippen molar-refractivity contribution in [2.24, 2.45) is 0 Å². The molecule has 5 nitrogen and oxygen atoms in total. The average Bonchev–Trinajstić information content (AvgIpc) is 3.00. The SMILES string of the molecule is CCOCc1ccnc(C[C@@H](O)c2nc3ccccc3[nH]2)c1C. The van der Waals surface area contributed by atoms with E-state index < -0.39 is 6.10 Å². The van der Waals surface area contributed by atoms with Crippen LogP contribution in [0.3, 0.4) is 0 Å². The molecule has 0 unspecified atom stereocenters. The fourth-order valence-corrected chi connectivity index (χ4v) is 2.61. The molecule has 0 saturated carbocycles. The lowest BCUT2D eigenvalue weighted by Crippen LogP contribution is -2.08. The smallest absolute Gasteiger partial charge is 0.136 e. The third-order valence-electron chi connectivity index (χ3n) is 3.99. The van der Waals surface area contributed by atoms with Gasteiger partial charge in [0.15, 0.2) is 0 Å². The number of aromatic nitrogens is 3. The first kappa shape index (κ1) is 15.6. The van der Waals surface area contributed by atoms with Gasteiger partial charge in [-0.1, -0.05) is 12.1 Å². The normalized spacial score (nSPS) is 12.7. The molecule has 120 valence electrons. The molecule has 0 aliphatic rings. The highest BCUT2D eigenvalue weighted by Crippen LogP contribution is 2.21. The zero-order valence-electron chi connectivity index (χ0n) is 13.4. The number of rotatable bonds is 6. The summed E-state index contributed by atoms with van der Waals surface area (Å²) in [5.41, 5.74) is 4.83. The number of H-pyrrole nitrogens is 1. The summed E-state index contributed by atoms with van der Waals surface area (Å²) in [4.78, 5) is 12.0. The number of ether oxygens (including phenoxy) is 1. The van der Waals surface area contributed by atoms with Crippen LogP contribution >= 0.6 is 0 Å². The summed E-state index contributed by atoms with van der Waals surface area (Å²) in [7, 11) is 0. The van der Waals surface area contributed by atoms with Gasteiger partial charge >= 0.3 is 0 Å². The van der Waals surface area contributed by atoms with Crippen LogP contribution in [-0.4, -0.2) is 26.7 Å². The van der Waals surface area contributed by atoms with Crippen LogP contribution < -0.4 is 0 Å². The van der Waals surface area contributed by atoms with Crippen LogP contribution in [0.2, 0.25) is 0 Å². The van der Waals surface area contributed by atoms with E-state index in [9.17, 15) is 5.11 Å². The van der Waals surface area contributed by atoms with Crippen molar-refractivity contribution in [1.29, 1.82) is 0 Å². The van der Waals surface area contributed by atoms with Gasteiger partial charge in [-0.25, -0.2) is 4.98 Å². The molecule has 0 amide bonds. The number of nitrogens with zero attached hydrogens (tertiary/aromatic N) is 2. The first-order valence-electron chi connectivity index (χ1n) is 7.83. The van der Waals surface area contributed by atoms with Gasteiger partial charge in [-0.05, 0) is 43.2 Å². The van der Waals surface area contributed by atoms with E-state index in [4.69, 9.17) is 4.74 Å². The Morgan fingerprint density at radius 2 is 2.09 bits per heavy atom. The fraction of sp³-hybridized carbons (Fsp3) is 0.333. The molecule has 0 saturated heterocycles. The van der Waals surface area contributed by atoms with E-state index in [0.29, 0.717) is 25.5 Å². The van der Waals surface area contributed by atoms with Gasteiger partial charge in [-0.2, -0.15) is 0 Å². The number of benzene rings is 1. The van der Waals surface area contributed by atoms with Gasteiger partial charge in [0.1, 0.15) is 11.9 Å². The predicted molar refractivity (Wildman–Crippen MR) is 89.1 cm³/mol. The molecule has 2 N–H and O–H groups in total. The number of aliphatic hydroxyl groups is 1. The van der Waals surface area contributed by atoms with Crippen molar-refractivity contribution in [2.75, 3.05) is 6.61 Å². The Morgan fingerprint density at radius 1 is 1.26 bits per heavy atom. The number of hydrogen-bond acceptors (Lipinski definition) is 4. The second-order valence-electron chi connectivity index (χ2n) is 5.54. The summed E-state index contributed by atoms with van der Waals surface area (Å²) in [5, 5.41) is 10.5. The van der Waals surface area contributed by atoms with Crippen LogP contribution in [0.15, 0.2) is 36.5 Å². The summed E-state index contributed by atoms with van der Waals surface area (Å²) in [6, 6.07) is 9.71. The minimum Gasteiger partial charge on any atom is -0.385 e. The van der Waals surface area contributed by atoms with E-state index in [1.165, 1.54) is 0 Å². The molecule has 23 heavy (non-hydrogen) atoms. The van der Waals surface area contributed by atoms with E-state index in [0.717, 1.165) is 27.9 Å². The Morgan fingerprint density at radius 3 is 2.87 bits per heavy atom. The number of aliphatic hydroxyl groups excluding tert-OH is 1. The summed E-state index contributed by atoms with van der Waals surface area (Å²) in [6.45, 7) is 5.24. The monoisotopic (exact) mass is 311 g/mol. The molecular formula is C18H21N3O2. The van der Waals surface area contributed by atoms with E-state index >= 15 is 0 Å². The number of fused-ring (bicyclic) bond motifs is 1. The number of para-hydroxylation sites is 2. The molecule has 2 aromatic heterocycles. The average molecular weight is 311 g/mol. The molecule has 3 rings (SSSR count). The molecule has 3 aromatic rings. The highest BCUT2D eigenvalue weighted by Gasteiger charge is 2.16. The van der Waals surface area contributed by atoms with Gasteiger partial charge in [0.05, 0.1) is 17.6 Å². The zero-order chi connectivity index (χ0) is 16.2. The van der Waals surface area contributed by atoms with Gasteiger partial charge in [0.25, 0.3) is 0 Å². The van der Waals surface area contributed by atoms with Gasteiger partial charge < -0.3 is 14.8 Å². The Kier molecular flexibility index (Phi) is 4.69. The van der Waals surface area contributed by atoms with Crippen LogP contribution in [0.4, 0.5) is 0 Å². The van der Waals surface area contributed by atoms with E-state index in [-0.39, 0.29) is 0 Å². The molecule has 0 fully saturated rings. The lowest BCUT2D eigenvalue weighted by molar-refractivity contribution is 0.133. The van der Waals surface area contributed by atoms with Crippen molar-refractivity contribution < 1.29 is 9.84 Å². The molecule has 0 radical (unpaired) electrons. The number of aromatic amines is 1. The summed E-state index contributed by atoms with van der Waals surface area (Å²) in [5.74, 6) is 0.572. The summed E-state index contributed by atoms with van der Waals surface area (Å²) >= 11 is 0. The topological polar surface area (TPSA) is 71.0 Å². The van der Waals surface area contributed by atoms with Gasteiger partial charge in [0.2, 0.25) is 0 Å². The van der Waals surface area contributed by atoms with Crippen molar-refractivity contribution in [3.8, 4) is 0 Å². The number of imidazole rings is 1. The van der Waals surface area contributed by atoms with Crippen LogP contribution in [-0.2, 0) is 17.8 Å². The molecule has 0 aliphatic heterocycles. The highest BCUT2D eigenvalue weighted by atomic mass is 16.5. The minimum absolute atomic E-state index is 0.422. The third kappa shape index (κ3) is 3.41. The van der Waals surface area contributed by atoms with Crippen molar-refractivity contribution in [2.45, 2.75) is 33.0 Å². The largest absolute Gasteiger partial charge is 0.385 e. The first-order valence-corrected chi connectivity index (χ1v) is 7.83. The summed E-state index contributed by atoms with van der Waals surface area (Å²) in [6.07, 6.45) is 1.48. The standard InChI is InChI=1S/C18H21N3O2/c1-3-23-11-13-8-9-19-16(12(13)2)10-17(22)18-20-14-6-4-5-7-15(14)21-18/h4-9,17,22H,3,10-11H2,1-2H3,(H,20,21)/t17-/m1/s1. The van der Waals surface area contributed by atoms with Crippen molar-refractivity contribution in [3.63, 3.8) is 0 Å². The first-order chi connectivity index (χ1) is 11.2. The molecular weight excluding hydrogens is 290 g/mol. The molecule has 2 heterocycles. The number of pyridine rings is 1. The molecule has 1 atom stereocenters.